The zero-order valence-corrected chi connectivity index (χ0v) is 29.3. The number of hydrogen-bond donors (Lipinski definition) is 5. The van der Waals surface area contributed by atoms with E-state index in [0.29, 0.717) is 25.1 Å². The van der Waals surface area contributed by atoms with Crippen molar-refractivity contribution >= 4 is 12.1 Å². The van der Waals surface area contributed by atoms with Gasteiger partial charge in [0.2, 0.25) is 0 Å². The molecule has 12 nitrogen and oxygen atoms in total. The van der Waals surface area contributed by atoms with Gasteiger partial charge < -0.3 is 44.9 Å². The third kappa shape index (κ3) is 12.6. The van der Waals surface area contributed by atoms with Gasteiger partial charge in [0.05, 0.1) is 43.1 Å². The van der Waals surface area contributed by atoms with Gasteiger partial charge in [-0.2, -0.15) is 0 Å². The van der Waals surface area contributed by atoms with E-state index in [9.17, 15) is 30.0 Å². The number of piperazine rings is 1. The van der Waals surface area contributed by atoms with Gasteiger partial charge in [-0.3, -0.25) is 9.69 Å². The van der Waals surface area contributed by atoms with Gasteiger partial charge in [-0.05, 0) is 58.7 Å². The summed E-state index contributed by atoms with van der Waals surface area (Å²) in [5.41, 5.74) is -1.97. The largest absolute Gasteiger partial charge is 0.457 e. The highest BCUT2D eigenvalue weighted by molar-refractivity contribution is 5.70. The SMILES string of the molecule is CCC(O)C(C)C1OC1CC(C)(O)C=CC=C(C)C1OC(=O)CC(O)CCC(C)(O)C(OC(=O)NCN2CCN(C)CC2)C=CC1C. The standard InChI is InChI=1S/C35H59N3O9/c1-8-27(40)25(4)32-28(45-32)21-34(5,43)14-9-10-23(2)31-24(3)11-12-29(35(6,44)15-13-26(39)20-30(41)47-31)46-33(42)36-22-38-18-16-37(7)17-19-38/h9-12,14,24-29,31-32,39-40,43-44H,8,13,15-22H2,1-7H3,(H,36,42). The number of alkyl carbamates (subject to hydrolysis) is 1. The van der Waals surface area contributed by atoms with Crippen molar-refractivity contribution in [3.05, 3.63) is 36.0 Å². The molecule has 3 aliphatic rings. The van der Waals surface area contributed by atoms with Crippen molar-refractivity contribution in [2.45, 2.75) is 121 Å². The summed E-state index contributed by atoms with van der Waals surface area (Å²) in [6, 6.07) is 0. The maximum Gasteiger partial charge on any atom is 0.408 e. The highest BCUT2D eigenvalue weighted by Gasteiger charge is 2.47. The molecule has 3 aliphatic heterocycles. The van der Waals surface area contributed by atoms with E-state index in [4.69, 9.17) is 14.2 Å². The van der Waals surface area contributed by atoms with E-state index in [0.717, 1.165) is 26.2 Å². The lowest BCUT2D eigenvalue weighted by atomic mass is 9.88. The third-order valence-electron chi connectivity index (χ3n) is 9.64. The number of ether oxygens (including phenoxy) is 3. The number of aliphatic hydroxyl groups is 4. The fraction of sp³-hybridized carbons (Fsp3) is 0.771. The molecule has 5 N–H and O–H groups in total. The second-order valence-corrected chi connectivity index (χ2v) is 14.3. The lowest BCUT2D eigenvalue weighted by Gasteiger charge is -2.34. The van der Waals surface area contributed by atoms with E-state index >= 15 is 0 Å². The van der Waals surface area contributed by atoms with Crippen LogP contribution in [0.2, 0.25) is 0 Å². The number of likely N-dealkylation sites (N-methyl/N-ethyl adjacent to an activating group) is 1. The molecule has 2 fully saturated rings. The maximum atomic E-state index is 12.8. The predicted molar refractivity (Wildman–Crippen MR) is 178 cm³/mol. The first-order valence-corrected chi connectivity index (χ1v) is 17.1. The van der Waals surface area contributed by atoms with Crippen LogP contribution in [0.5, 0.6) is 0 Å². The van der Waals surface area contributed by atoms with Crippen LogP contribution in [0.4, 0.5) is 4.79 Å². The Morgan fingerprint density at radius 1 is 1.28 bits per heavy atom. The molecule has 12 heteroatoms. The highest BCUT2D eigenvalue weighted by Crippen LogP contribution is 2.37. The fourth-order valence-corrected chi connectivity index (χ4v) is 6.14. The maximum absolute atomic E-state index is 12.8. The molecule has 0 radical (unpaired) electrons. The molecule has 0 aromatic carbocycles. The Morgan fingerprint density at radius 2 is 1.96 bits per heavy atom. The van der Waals surface area contributed by atoms with Crippen LogP contribution in [0.1, 0.15) is 73.6 Å². The lowest BCUT2D eigenvalue weighted by molar-refractivity contribution is -0.151. The van der Waals surface area contributed by atoms with Gasteiger partial charge >= 0.3 is 12.1 Å². The molecule has 1 amide bonds. The number of rotatable bonds is 11. The van der Waals surface area contributed by atoms with Crippen molar-refractivity contribution < 1.29 is 44.2 Å². The Labute approximate surface area is 280 Å². The van der Waals surface area contributed by atoms with Crippen LogP contribution in [-0.4, -0.2) is 130 Å². The second-order valence-electron chi connectivity index (χ2n) is 14.3. The topological polar surface area (TPSA) is 165 Å². The molecular formula is C35H59N3O9. The van der Waals surface area contributed by atoms with Crippen LogP contribution in [-0.2, 0) is 19.0 Å². The molecule has 0 aromatic heterocycles. The van der Waals surface area contributed by atoms with E-state index in [1.165, 1.54) is 0 Å². The molecule has 0 aromatic rings. The van der Waals surface area contributed by atoms with Crippen LogP contribution < -0.4 is 5.32 Å². The van der Waals surface area contributed by atoms with Crippen LogP contribution in [0.3, 0.4) is 0 Å². The molecule has 0 saturated carbocycles. The first-order valence-electron chi connectivity index (χ1n) is 17.1. The van der Waals surface area contributed by atoms with E-state index in [1.54, 1.807) is 44.2 Å². The molecule has 2 saturated heterocycles. The van der Waals surface area contributed by atoms with Gasteiger partial charge in [-0.1, -0.05) is 45.1 Å². The van der Waals surface area contributed by atoms with Crippen molar-refractivity contribution in [3.8, 4) is 0 Å². The summed E-state index contributed by atoms with van der Waals surface area (Å²) in [6.07, 6.45) is 5.39. The second kappa shape index (κ2) is 17.4. The number of nitrogens with one attached hydrogen (secondary N) is 1. The number of epoxide rings is 1. The van der Waals surface area contributed by atoms with Crippen LogP contribution in [0.25, 0.3) is 0 Å². The van der Waals surface area contributed by atoms with Crippen molar-refractivity contribution in [2.75, 3.05) is 39.9 Å². The molecule has 0 bridgehead atoms. The molecule has 3 rings (SSSR count). The van der Waals surface area contributed by atoms with Crippen molar-refractivity contribution in [2.24, 2.45) is 11.8 Å². The molecule has 10 unspecified atom stereocenters. The van der Waals surface area contributed by atoms with E-state index in [2.05, 4.69) is 22.2 Å². The molecular weight excluding hydrogens is 606 g/mol. The smallest absolute Gasteiger partial charge is 0.408 e. The van der Waals surface area contributed by atoms with Crippen LogP contribution in [0, 0.1) is 11.8 Å². The molecule has 0 spiro atoms. The summed E-state index contributed by atoms with van der Waals surface area (Å²) in [5.74, 6) is -0.966. The molecule has 10 atom stereocenters. The summed E-state index contributed by atoms with van der Waals surface area (Å²) in [7, 11) is 2.06. The minimum Gasteiger partial charge on any atom is -0.457 e. The predicted octanol–water partition coefficient (Wildman–Crippen LogP) is 2.50. The Morgan fingerprint density at radius 3 is 2.62 bits per heavy atom. The van der Waals surface area contributed by atoms with E-state index < -0.39 is 47.7 Å². The van der Waals surface area contributed by atoms with E-state index in [1.807, 2.05) is 27.7 Å². The number of esters is 1. The lowest BCUT2D eigenvalue weighted by Crippen LogP contribution is -2.50. The average molecular weight is 666 g/mol. The minimum atomic E-state index is -1.50. The summed E-state index contributed by atoms with van der Waals surface area (Å²) < 4.78 is 17.3. The third-order valence-corrected chi connectivity index (χ3v) is 9.64. The van der Waals surface area contributed by atoms with Gasteiger partial charge in [0.15, 0.2) is 6.10 Å². The van der Waals surface area contributed by atoms with Gasteiger partial charge in [0.25, 0.3) is 0 Å². The number of allylic oxidation sites excluding steroid dienone is 2. The van der Waals surface area contributed by atoms with Crippen LogP contribution >= 0.6 is 0 Å². The molecule has 0 aliphatic carbocycles. The van der Waals surface area contributed by atoms with E-state index in [-0.39, 0.29) is 43.3 Å². The first-order chi connectivity index (χ1) is 22.0. The zero-order valence-electron chi connectivity index (χ0n) is 29.3. The highest BCUT2D eigenvalue weighted by atomic mass is 16.6. The Balaban J connectivity index is 1.70. The summed E-state index contributed by atoms with van der Waals surface area (Å²) in [4.78, 5) is 30.0. The number of carbonyl (C=O) groups excluding carboxylic acids is 2. The van der Waals surface area contributed by atoms with Gasteiger partial charge in [-0.25, -0.2) is 4.79 Å². The summed E-state index contributed by atoms with van der Waals surface area (Å²) >= 11 is 0. The van der Waals surface area contributed by atoms with Crippen LogP contribution in [0.15, 0.2) is 36.0 Å². The van der Waals surface area contributed by atoms with Crippen molar-refractivity contribution in [3.63, 3.8) is 0 Å². The number of hydrogen-bond acceptors (Lipinski definition) is 11. The Bertz CT molecular complexity index is 1120. The number of aliphatic hydroxyl groups excluding tert-OH is 2. The van der Waals surface area contributed by atoms with Crippen molar-refractivity contribution in [1.82, 2.24) is 15.1 Å². The zero-order chi connectivity index (χ0) is 34.9. The summed E-state index contributed by atoms with van der Waals surface area (Å²) in [6.45, 7) is 14.6. The van der Waals surface area contributed by atoms with Gasteiger partial charge in [-0.15, -0.1) is 0 Å². The minimum absolute atomic E-state index is 0.0130. The first kappa shape index (κ1) is 39.1. The molecule has 3 heterocycles. The number of cyclic esters (lactones) is 1. The number of nitrogens with zero attached hydrogens (tertiary/aromatic N) is 2. The molecule has 268 valence electrons. The molecule has 47 heavy (non-hydrogen) atoms. The number of amides is 1. The van der Waals surface area contributed by atoms with Gasteiger partial charge in [0, 0.05) is 44.4 Å². The normalized spacial score (nSPS) is 34.4. The fourth-order valence-electron chi connectivity index (χ4n) is 6.14. The Hall–Kier alpha value is -2.32. The monoisotopic (exact) mass is 665 g/mol. The Kier molecular flexibility index (Phi) is 14.5. The van der Waals surface area contributed by atoms with Crippen molar-refractivity contribution in [1.29, 1.82) is 0 Å². The quantitative estimate of drug-likeness (QED) is 0.0954. The average Bonchev–Trinajstić information content (AvgIpc) is 3.76. The summed E-state index contributed by atoms with van der Waals surface area (Å²) in [5, 5.41) is 45.8. The van der Waals surface area contributed by atoms with Gasteiger partial charge in [0.1, 0.15) is 11.7 Å². The number of carbonyl (C=O) groups is 2.